The van der Waals surface area contributed by atoms with Crippen LogP contribution < -0.4 is 10.6 Å². The summed E-state index contributed by atoms with van der Waals surface area (Å²) >= 11 is 0. The van der Waals surface area contributed by atoms with Crippen molar-refractivity contribution in [1.29, 1.82) is 0 Å². The number of aliphatic carboxylic acids is 1. The largest absolute Gasteiger partial charge is 0.481 e. The van der Waals surface area contributed by atoms with Gasteiger partial charge in [-0.05, 0) is 38.5 Å². The summed E-state index contributed by atoms with van der Waals surface area (Å²) in [5.74, 6) is 0.755. The van der Waals surface area contributed by atoms with Crippen LogP contribution in [0.4, 0.5) is 4.79 Å². The van der Waals surface area contributed by atoms with E-state index in [1.54, 1.807) is 0 Å². The topological polar surface area (TPSA) is 78.4 Å². The van der Waals surface area contributed by atoms with Gasteiger partial charge in [0.2, 0.25) is 0 Å². The quantitative estimate of drug-likeness (QED) is 0.675. The highest BCUT2D eigenvalue weighted by Gasteiger charge is 2.22. The number of hydrogen-bond acceptors (Lipinski definition) is 2. The average molecular weight is 298 g/mol. The lowest BCUT2D eigenvalue weighted by atomic mass is 9.81. The van der Waals surface area contributed by atoms with Gasteiger partial charge >= 0.3 is 12.0 Å². The Labute approximate surface area is 127 Å². The van der Waals surface area contributed by atoms with Gasteiger partial charge in [-0.15, -0.1) is 0 Å². The van der Waals surface area contributed by atoms with Crippen LogP contribution >= 0.6 is 0 Å². The minimum Gasteiger partial charge on any atom is -0.481 e. The van der Waals surface area contributed by atoms with Crippen LogP contribution in [-0.2, 0) is 4.79 Å². The number of amides is 2. The molecule has 1 rings (SSSR count). The molecule has 0 aromatic heterocycles. The highest BCUT2D eigenvalue weighted by molar-refractivity contribution is 5.74. The van der Waals surface area contributed by atoms with Crippen molar-refractivity contribution in [3.63, 3.8) is 0 Å². The monoisotopic (exact) mass is 298 g/mol. The summed E-state index contributed by atoms with van der Waals surface area (Å²) in [5.41, 5.74) is -0.497. The van der Waals surface area contributed by atoms with Gasteiger partial charge in [0.05, 0.1) is 0 Å². The van der Waals surface area contributed by atoms with Gasteiger partial charge in [-0.25, -0.2) is 4.79 Å². The van der Waals surface area contributed by atoms with E-state index in [2.05, 4.69) is 17.6 Å². The molecule has 5 nitrogen and oxygen atoms in total. The van der Waals surface area contributed by atoms with Crippen LogP contribution in [0.5, 0.6) is 0 Å². The molecule has 2 amide bonds. The Hall–Kier alpha value is -1.26. The summed E-state index contributed by atoms with van der Waals surface area (Å²) in [5, 5.41) is 14.4. The summed E-state index contributed by atoms with van der Waals surface area (Å²) in [6, 6.07) is -0.199. The summed E-state index contributed by atoms with van der Waals surface area (Å²) in [7, 11) is 0. The molecule has 1 fully saturated rings. The zero-order valence-corrected chi connectivity index (χ0v) is 13.6. The predicted octanol–water partition coefficient (Wildman–Crippen LogP) is 3.15. The molecule has 5 heteroatoms. The van der Waals surface area contributed by atoms with E-state index in [-0.39, 0.29) is 12.5 Å². The third-order valence-electron chi connectivity index (χ3n) is 4.39. The fourth-order valence-electron chi connectivity index (χ4n) is 2.84. The van der Waals surface area contributed by atoms with Gasteiger partial charge in [0.15, 0.2) is 0 Å². The minimum absolute atomic E-state index is 0.0630. The first-order valence-corrected chi connectivity index (χ1v) is 8.06. The van der Waals surface area contributed by atoms with E-state index in [4.69, 9.17) is 5.11 Å². The molecule has 0 spiro atoms. The van der Waals surface area contributed by atoms with Crippen LogP contribution in [0.15, 0.2) is 0 Å². The maximum absolute atomic E-state index is 11.8. The molecular weight excluding hydrogens is 268 g/mol. The van der Waals surface area contributed by atoms with Crippen molar-refractivity contribution in [3.05, 3.63) is 0 Å². The summed E-state index contributed by atoms with van der Waals surface area (Å²) in [4.78, 5) is 22.4. The summed E-state index contributed by atoms with van der Waals surface area (Å²) in [6.07, 6.45) is 6.68. The Morgan fingerprint density at radius 1 is 1.19 bits per heavy atom. The number of carboxylic acids is 1. The number of nitrogens with one attached hydrogen (secondary N) is 2. The fraction of sp³-hybridized carbons (Fsp3) is 0.875. The maximum Gasteiger partial charge on any atom is 0.315 e. The van der Waals surface area contributed by atoms with E-state index in [1.165, 1.54) is 25.7 Å². The second-order valence-corrected chi connectivity index (χ2v) is 7.07. The van der Waals surface area contributed by atoms with E-state index < -0.39 is 11.5 Å². The van der Waals surface area contributed by atoms with Crippen LogP contribution in [-0.4, -0.2) is 29.2 Å². The van der Waals surface area contributed by atoms with Crippen molar-refractivity contribution < 1.29 is 14.7 Å². The Kier molecular flexibility index (Phi) is 6.99. The second-order valence-electron chi connectivity index (χ2n) is 7.07. The van der Waals surface area contributed by atoms with Crippen LogP contribution in [0.1, 0.15) is 65.7 Å². The molecule has 1 aliphatic carbocycles. The smallest absolute Gasteiger partial charge is 0.315 e. The van der Waals surface area contributed by atoms with Gasteiger partial charge in [0.25, 0.3) is 0 Å². The van der Waals surface area contributed by atoms with Crippen molar-refractivity contribution in [2.75, 3.05) is 6.54 Å². The number of carbonyl (C=O) groups excluding carboxylic acids is 1. The van der Waals surface area contributed by atoms with Crippen molar-refractivity contribution in [2.45, 2.75) is 71.3 Å². The highest BCUT2D eigenvalue weighted by atomic mass is 16.4. The number of carboxylic acid groups (broad SMARTS) is 1. The molecule has 0 saturated heterocycles. The van der Waals surface area contributed by atoms with Gasteiger partial charge in [-0.1, -0.05) is 32.6 Å². The van der Waals surface area contributed by atoms with Gasteiger partial charge in [-0.3, -0.25) is 4.79 Å². The van der Waals surface area contributed by atoms with Crippen LogP contribution in [0.25, 0.3) is 0 Å². The number of carbonyl (C=O) groups is 2. The Morgan fingerprint density at radius 3 is 2.38 bits per heavy atom. The average Bonchev–Trinajstić information content (AvgIpc) is 2.38. The van der Waals surface area contributed by atoms with Crippen molar-refractivity contribution >= 4 is 12.0 Å². The van der Waals surface area contributed by atoms with Crippen LogP contribution in [0.3, 0.4) is 0 Å². The standard InChI is InChI=1S/C16H30N2O3/c1-12-4-6-13(7-5-12)9-11-17-15(21)18-16(2,3)10-8-14(19)20/h12-13H,4-11H2,1-3H3,(H,19,20)(H2,17,18,21). The molecule has 0 aliphatic heterocycles. The number of urea groups is 1. The first-order valence-electron chi connectivity index (χ1n) is 8.06. The zero-order valence-electron chi connectivity index (χ0n) is 13.6. The van der Waals surface area contributed by atoms with Crippen molar-refractivity contribution in [2.24, 2.45) is 11.8 Å². The minimum atomic E-state index is -0.836. The second kappa shape index (κ2) is 8.25. The molecule has 0 heterocycles. The zero-order chi connectivity index (χ0) is 15.9. The highest BCUT2D eigenvalue weighted by Crippen LogP contribution is 2.29. The van der Waals surface area contributed by atoms with E-state index in [1.807, 2.05) is 13.8 Å². The Morgan fingerprint density at radius 2 is 1.81 bits per heavy atom. The Balaban J connectivity index is 2.17. The molecule has 3 N–H and O–H groups in total. The molecular formula is C16H30N2O3. The third-order valence-corrected chi connectivity index (χ3v) is 4.39. The fourth-order valence-corrected chi connectivity index (χ4v) is 2.84. The molecule has 1 aliphatic rings. The molecule has 0 radical (unpaired) electrons. The molecule has 21 heavy (non-hydrogen) atoms. The van der Waals surface area contributed by atoms with Gasteiger partial charge in [0, 0.05) is 18.5 Å². The molecule has 0 aromatic carbocycles. The summed E-state index contributed by atoms with van der Waals surface area (Å²) in [6.45, 7) is 6.69. The number of rotatable bonds is 7. The molecule has 122 valence electrons. The lowest BCUT2D eigenvalue weighted by molar-refractivity contribution is -0.137. The van der Waals surface area contributed by atoms with Crippen LogP contribution in [0.2, 0.25) is 0 Å². The van der Waals surface area contributed by atoms with Gasteiger partial charge in [0.1, 0.15) is 0 Å². The normalized spacial score (nSPS) is 22.6. The SMILES string of the molecule is CC1CCC(CCNC(=O)NC(C)(C)CCC(=O)O)CC1. The first kappa shape index (κ1) is 17.8. The van der Waals surface area contributed by atoms with E-state index in [0.717, 1.165) is 18.3 Å². The molecule has 0 aromatic rings. The van der Waals surface area contributed by atoms with E-state index >= 15 is 0 Å². The van der Waals surface area contributed by atoms with Gasteiger partial charge < -0.3 is 15.7 Å². The third kappa shape index (κ3) is 7.93. The first-order chi connectivity index (χ1) is 9.78. The molecule has 1 saturated carbocycles. The van der Waals surface area contributed by atoms with Crippen LogP contribution in [0, 0.1) is 11.8 Å². The maximum atomic E-state index is 11.8. The summed E-state index contributed by atoms with van der Waals surface area (Å²) < 4.78 is 0. The van der Waals surface area contributed by atoms with Crippen molar-refractivity contribution in [3.8, 4) is 0 Å². The molecule has 0 atom stereocenters. The number of hydrogen-bond donors (Lipinski definition) is 3. The lowest BCUT2D eigenvalue weighted by Gasteiger charge is -2.27. The van der Waals surface area contributed by atoms with Crippen molar-refractivity contribution in [1.82, 2.24) is 10.6 Å². The Bertz CT molecular complexity index is 347. The predicted molar refractivity (Wildman–Crippen MR) is 83.2 cm³/mol. The molecule has 0 bridgehead atoms. The lowest BCUT2D eigenvalue weighted by Crippen LogP contribution is -2.48. The molecule has 0 unspecified atom stereocenters. The van der Waals surface area contributed by atoms with Gasteiger partial charge in [-0.2, -0.15) is 0 Å². The van der Waals surface area contributed by atoms with E-state index in [0.29, 0.717) is 13.0 Å². The van der Waals surface area contributed by atoms with E-state index in [9.17, 15) is 9.59 Å².